The van der Waals surface area contributed by atoms with E-state index in [4.69, 9.17) is 11.6 Å². The average molecular weight is 321 g/mol. The van der Waals surface area contributed by atoms with Crippen molar-refractivity contribution in [3.63, 3.8) is 0 Å². The van der Waals surface area contributed by atoms with Crippen molar-refractivity contribution < 1.29 is 8.42 Å². The minimum Gasteiger partial charge on any atom is -0.326 e. The van der Waals surface area contributed by atoms with Crippen molar-refractivity contribution in [1.29, 1.82) is 0 Å². The number of halogens is 1. The molecule has 114 valence electrons. The van der Waals surface area contributed by atoms with Crippen LogP contribution in [0.1, 0.15) is 45.4 Å². The highest BCUT2D eigenvalue weighted by molar-refractivity contribution is 7.89. The average Bonchev–Trinajstić information content (AvgIpc) is 2.40. The summed E-state index contributed by atoms with van der Waals surface area (Å²) < 4.78 is 26.4. The van der Waals surface area contributed by atoms with E-state index in [-0.39, 0.29) is 9.92 Å². The Morgan fingerprint density at radius 2 is 1.85 bits per heavy atom. The van der Waals surface area contributed by atoms with Gasteiger partial charge in [-0.15, -0.1) is 0 Å². The van der Waals surface area contributed by atoms with Crippen molar-refractivity contribution in [3.05, 3.63) is 27.6 Å². The summed E-state index contributed by atoms with van der Waals surface area (Å²) in [4.78, 5) is 13.4. The number of hydrogen-bond donors (Lipinski definition) is 2. The summed E-state index contributed by atoms with van der Waals surface area (Å²) in [6, 6.07) is 1.16. The number of H-pyrrole nitrogens is 1. The Kier molecular flexibility index (Phi) is 7.26. The Hall–Kier alpha value is -0.850. The second kappa shape index (κ2) is 8.44. The summed E-state index contributed by atoms with van der Waals surface area (Å²) in [5, 5.41) is -0.132. The maximum Gasteiger partial charge on any atom is 0.266 e. The number of sulfonamides is 1. The summed E-state index contributed by atoms with van der Waals surface area (Å²) in [6.45, 7) is 2.55. The molecule has 7 heteroatoms. The monoisotopic (exact) mass is 320 g/mol. The fourth-order valence-electron chi connectivity index (χ4n) is 1.79. The SMILES string of the molecule is CCCCCCCCNS(=O)(=O)c1c[nH]c(=O)c(Cl)c1. The summed E-state index contributed by atoms with van der Waals surface area (Å²) in [5.41, 5.74) is -0.499. The van der Waals surface area contributed by atoms with Crippen molar-refractivity contribution >= 4 is 21.6 Å². The minimum absolute atomic E-state index is 0.0203. The molecule has 0 fully saturated rings. The van der Waals surface area contributed by atoms with E-state index in [1.165, 1.54) is 19.3 Å². The number of aromatic nitrogens is 1. The highest BCUT2D eigenvalue weighted by Crippen LogP contribution is 2.10. The summed E-state index contributed by atoms with van der Waals surface area (Å²) >= 11 is 5.62. The maximum absolute atomic E-state index is 11.9. The molecule has 0 aromatic carbocycles. The van der Waals surface area contributed by atoms with Crippen molar-refractivity contribution in [3.8, 4) is 0 Å². The van der Waals surface area contributed by atoms with Gasteiger partial charge in [0.2, 0.25) is 10.0 Å². The smallest absolute Gasteiger partial charge is 0.266 e. The van der Waals surface area contributed by atoms with Gasteiger partial charge in [0, 0.05) is 12.7 Å². The van der Waals surface area contributed by atoms with Crippen molar-refractivity contribution in [2.45, 2.75) is 50.3 Å². The van der Waals surface area contributed by atoms with Crippen LogP contribution in [0.15, 0.2) is 22.0 Å². The van der Waals surface area contributed by atoms with Gasteiger partial charge in [-0.05, 0) is 12.5 Å². The first kappa shape index (κ1) is 17.2. The molecule has 20 heavy (non-hydrogen) atoms. The van der Waals surface area contributed by atoms with Gasteiger partial charge in [-0.2, -0.15) is 0 Å². The number of pyridine rings is 1. The van der Waals surface area contributed by atoms with E-state index < -0.39 is 15.6 Å². The van der Waals surface area contributed by atoms with Crippen LogP contribution in [0.2, 0.25) is 5.02 Å². The normalized spacial score (nSPS) is 11.7. The largest absolute Gasteiger partial charge is 0.326 e. The lowest BCUT2D eigenvalue weighted by atomic mass is 10.1. The van der Waals surface area contributed by atoms with E-state index in [1.54, 1.807) is 0 Å². The van der Waals surface area contributed by atoms with Crippen LogP contribution in [-0.4, -0.2) is 19.9 Å². The van der Waals surface area contributed by atoms with Crippen LogP contribution in [0.25, 0.3) is 0 Å². The lowest BCUT2D eigenvalue weighted by Crippen LogP contribution is -2.25. The first-order valence-electron chi connectivity index (χ1n) is 6.85. The van der Waals surface area contributed by atoms with Crippen LogP contribution in [0.4, 0.5) is 0 Å². The molecule has 0 radical (unpaired) electrons. The predicted octanol–water partition coefficient (Wildman–Crippen LogP) is 2.67. The molecule has 0 aliphatic carbocycles. The van der Waals surface area contributed by atoms with Gasteiger partial charge >= 0.3 is 0 Å². The van der Waals surface area contributed by atoms with Crippen molar-refractivity contribution in [2.24, 2.45) is 0 Å². The van der Waals surface area contributed by atoms with Crippen LogP contribution in [0.3, 0.4) is 0 Å². The third-order valence-corrected chi connectivity index (χ3v) is 4.69. The van der Waals surface area contributed by atoms with Gasteiger partial charge in [0.1, 0.15) is 5.02 Å². The molecule has 0 saturated carbocycles. The lowest BCUT2D eigenvalue weighted by molar-refractivity contribution is 0.567. The van der Waals surface area contributed by atoms with Gasteiger partial charge in [-0.1, -0.05) is 50.6 Å². The third-order valence-electron chi connectivity index (χ3n) is 2.96. The van der Waals surface area contributed by atoms with Gasteiger partial charge in [0.25, 0.3) is 5.56 Å². The standard InChI is InChI=1S/C13H21ClN2O3S/c1-2-3-4-5-6-7-8-16-20(18,19)11-9-12(14)13(17)15-10-11/h9-10,16H,2-8H2,1H3,(H,15,17). The second-order valence-electron chi connectivity index (χ2n) is 4.68. The zero-order valence-electron chi connectivity index (χ0n) is 11.6. The zero-order valence-corrected chi connectivity index (χ0v) is 13.2. The third kappa shape index (κ3) is 5.64. The molecule has 0 aliphatic heterocycles. The molecule has 0 unspecified atom stereocenters. The van der Waals surface area contributed by atoms with Gasteiger partial charge in [0.05, 0.1) is 4.90 Å². The molecule has 2 N–H and O–H groups in total. The van der Waals surface area contributed by atoms with E-state index in [2.05, 4.69) is 16.6 Å². The molecule has 0 bridgehead atoms. The molecular formula is C13H21ClN2O3S. The van der Waals surface area contributed by atoms with E-state index in [1.807, 2.05) is 0 Å². The lowest BCUT2D eigenvalue weighted by Gasteiger charge is -2.06. The number of aromatic amines is 1. The first-order chi connectivity index (χ1) is 9.47. The molecule has 5 nitrogen and oxygen atoms in total. The summed E-state index contributed by atoms with van der Waals surface area (Å²) in [5.74, 6) is 0. The Morgan fingerprint density at radius 3 is 2.50 bits per heavy atom. The van der Waals surface area contributed by atoms with Crippen LogP contribution >= 0.6 is 11.6 Å². The van der Waals surface area contributed by atoms with E-state index in [9.17, 15) is 13.2 Å². The maximum atomic E-state index is 11.9. The topological polar surface area (TPSA) is 79.0 Å². The number of nitrogens with one attached hydrogen (secondary N) is 2. The van der Waals surface area contributed by atoms with Gasteiger partial charge in [-0.3, -0.25) is 4.79 Å². The van der Waals surface area contributed by atoms with Crippen LogP contribution < -0.4 is 10.3 Å². The van der Waals surface area contributed by atoms with E-state index >= 15 is 0 Å². The fraction of sp³-hybridized carbons (Fsp3) is 0.615. The molecule has 1 rings (SSSR count). The number of hydrogen-bond acceptors (Lipinski definition) is 3. The molecule has 0 saturated heterocycles. The number of unbranched alkanes of at least 4 members (excludes halogenated alkanes) is 5. The highest BCUT2D eigenvalue weighted by Gasteiger charge is 2.14. The quantitative estimate of drug-likeness (QED) is 0.686. The Morgan fingerprint density at radius 1 is 1.20 bits per heavy atom. The molecule has 1 aromatic rings. The molecule has 1 heterocycles. The molecule has 0 spiro atoms. The Balaban J connectivity index is 2.42. The Labute approximate surface area is 124 Å². The predicted molar refractivity (Wildman–Crippen MR) is 80.6 cm³/mol. The molecule has 0 amide bonds. The number of rotatable bonds is 9. The van der Waals surface area contributed by atoms with E-state index in [0.717, 1.165) is 31.5 Å². The summed E-state index contributed by atoms with van der Waals surface area (Å²) in [7, 11) is -3.60. The fourth-order valence-corrected chi connectivity index (χ4v) is 3.09. The summed E-state index contributed by atoms with van der Waals surface area (Å²) in [6.07, 6.45) is 7.70. The van der Waals surface area contributed by atoms with Crippen LogP contribution in [0.5, 0.6) is 0 Å². The van der Waals surface area contributed by atoms with Crippen molar-refractivity contribution in [1.82, 2.24) is 9.71 Å². The molecule has 1 aromatic heterocycles. The van der Waals surface area contributed by atoms with Gasteiger partial charge in [0.15, 0.2) is 0 Å². The Bertz CT molecular complexity index is 569. The van der Waals surface area contributed by atoms with Gasteiger partial charge in [-0.25, -0.2) is 13.1 Å². The zero-order chi connectivity index (χ0) is 15.0. The van der Waals surface area contributed by atoms with Crippen molar-refractivity contribution in [2.75, 3.05) is 6.54 Å². The van der Waals surface area contributed by atoms with Crippen LogP contribution in [-0.2, 0) is 10.0 Å². The van der Waals surface area contributed by atoms with Crippen LogP contribution in [0, 0.1) is 0 Å². The van der Waals surface area contributed by atoms with E-state index in [0.29, 0.717) is 6.54 Å². The minimum atomic E-state index is -3.60. The second-order valence-corrected chi connectivity index (χ2v) is 6.85. The first-order valence-corrected chi connectivity index (χ1v) is 8.71. The molecular weight excluding hydrogens is 300 g/mol. The van der Waals surface area contributed by atoms with Gasteiger partial charge < -0.3 is 4.98 Å². The molecule has 0 aliphatic rings. The highest BCUT2D eigenvalue weighted by atomic mass is 35.5. The molecule has 0 atom stereocenters.